The molecule has 0 aliphatic heterocycles. The first-order valence-electron chi connectivity index (χ1n) is 5.89. The zero-order valence-electron chi connectivity index (χ0n) is 10.4. The van der Waals surface area contributed by atoms with Gasteiger partial charge in [-0.3, -0.25) is 4.79 Å². The van der Waals surface area contributed by atoms with Crippen LogP contribution >= 0.6 is 23.2 Å². The first-order valence-corrected chi connectivity index (χ1v) is 6.64. The van der Waals surface area contributed by atoms with Crippen LogP contribution in [0.5, 0.6) is 0 Å². The molecule has 2 nitrogen and oxygen atoms in total. The molecule has 4 heteroatoms. The minimum absolute atomic E-state index is 0.0829. The topological polar surface area (TPSA) is 29.1 Å². The largest absolute Gasteiger partial charge is 0.345 e. The van der Waals surface area contributed by atoms with E-state index in [1.807, 2.05) is 37.3 Å². The van der Waals surface area contributed by atoms with Gasteiger partial charge >= 0.3 is 0 Å². The monoisotopic (exact) mass is 293 g/mol. The lowest BCUT2D eigenvalue weighted by Gasteiger charge is -2.15. The maximum absolute atomic E-state index is 12.1. The normalized spacial score (nSPS) is 11.9. The standard InChI is InChI=1S/C15H13Cl2NO/c1-10(11-5-3-2-4-6-11)18-15(19)13-8-7-12(16)9-14(13)17/h2-10H,1H3,(H,18,19)/t10-/m1/s1. The lowest BCUT2D eigenvalue weighted by molar-refractivity contribution is 0.0940. The summed E-state index contributed by atoms with van der Waals surface area (Å²) in [5.74, 6) is -0.210. The molecule has 0 fully saturated rings. The summed E-state index contributed by atoms with van der Waals surface area (Å²) in [6.07, 6.45) is 0. The van der Waals surface area contributed by atoms with Crippen molar-refractivity contribution in [3.8, 4) is 0 Å². The van der Waals surface area contributed by atoms with Crippen LogP contribution in [0.25, 0.3) is 0 Å². The van der Waals surface area contributed by atoms with Crippen molar-refractivity contribution in [2.75, 3.05) is 0 Å². The molecule has 0 saturated carbocycles. The molecule has 19 heavy (non-hydrogen) atoms. The Hall–Kier alpha value is -1.51. The summed E-state index contributed by atoms with van der Waals surface area (Å²) >= 11 is 11.8. The second-order valence-corrected chi connectivity index (χ2v) is 5.07. The molecule has 2 aromatic rings. The number of hydrogen-bond acceptors (Lipinski definition) is 1. The second-order valence-electron chi connectivity index (χ2n) is 4.23. The number of rotatable bonds is 3. The molecule has 0 unspecified atom stereocenters. The highest BCUT2D eigenvalue weighted by molar-refractivity contribution is 6.36. The summed E-state index contributed by atoms with van der Waals surface area (Å²) in [7, 11) is 0. The Morgan fingerprint density at radius 2 is 1.79 bits per heavy atom. The molecule has 0 heterocycles. The average Bonchev–Trinajstić information content (AvgIpc) is 2.39. The smallest absolute Gasteiger partial charge is 0.253 e. The molecule has 0 aromatic heterocycles. The number of benzene rings is 2. The van der Waals surface area contributed by atoms with Crippen molar-refractivity contribution in [3.63, 3.8) is 0 Å². The van der Waals surface area contributed by atoms with E-state index in [9.17, 15) is 4.79 Å². The van der Waals surface area contributed by atoms with Crippen molar-refractivity contribution in [1.82, 2.24) is 5.32 Å². The van der Waals surface area contributed by atoms with Crippen LogP contribution in [-0.4, -0.2) is 5.91 Å². The van der Waals surface area contributed by atoms with Gasteiger partial charge in [-0.15, -0.1) is 0 Å². The maximum atomic E-state index is 12.1. The first-order chi connectivity index (χ1) is 9.08. The van der Waals surface area contributed by atoms with Crippen molar-refractivity contribution in [3.05, 3.63) is 69.7 Å². The predicted octanol–water partition coefficient (Wildman–Crippen LogP) is 4.48. The van der Waals surface area contributed by atoms with E-state index in [4.69, 9.17) is 23.2 Å². The minimum Gasteiger partial charge on any atom is -0.345 e. The molecule has 2 aromatic carbocycles. The highest BCUT2D eigenvalue weighted by atomic mass is 35.5. The van der Waals surface area contributed by atoms with Crippen LogP contribution < -0.4 is 5.32 Å². The molecule has 1 N–H and O–H groups in total. The lowest BCUT2D eigenvalue weighted by atomic mass is 10.1. The Labute approximate surface area is 122 Å². The average molecular weight is 294 g/mol. The molecule has 0 aliphatic carbocycles. The van der Waals surface area contributed by atoms with Gasteiger partial charge in [0.05, 0.1) is 16.6 Å². The highest BCUT2D eigenvalue weighted by Crippen LogP contribution is 2.22. The lowest BCUT2D eigenvalue weighted by Crippen LogP contribution is -2.26. The van der Waals surface area contributed by atoms with Crippen LogP contribution in [0.2, 0.25) is 10.0 Å². The van der Waals surface area contributed by atoms with Crippen molar-refractivity contribution >= 4 is 29.1 Å². The Bertz CT molecular complexity index is 584. The van der Waals surface area contributed by atoms with Gasteiger partial charge in [0, 0.05) is 5.02 Å². The van der Waals surface area contributed by atoms with Gasteiger partial charge in [-0.05, 0) is 30.7 Å². The van der Waals surface area contributed by atoms with Gasteiger partial charge in [-0.2, -0.15) is 0 Å². The van der Waals surface area contributed by atoms with E-state index in [1.54, 1.807) is 18.2 Å². The third-order valence-electron chi connectivity index (χ3n) is 2.82. The summed E-state index contributed by atoms with van der Waals surface area (Å²) in [6, 6.07) is 14.5. The van der Waals surface area contributed by atoms with Crippen LogP contribution in [0, 0.1) is 0 Å². The van der Waals surface area contributed by atoms with Gasteiger partial charge in [0.25, 0.3) is 5.91 Å². The Balaban J connectivity index is 2.13. The van der Waals surface area contributed by atoms with Crippen LogP contribution in [0.4, 0.5) is 0 Å². The molecular formula is C15H13Cl2NO. The quantitative estimate of drug-likeness (QED) is 0.888. The van der Waals surface area contributed by atoms with Gasteiger partial charge in [-0.25, -0.2) is 0 Å². The van der Waals surface area contributed by atoms with Gasteiger partial charge in [-0.1, -0.05) is 53.5 Å². The van der Waals surface area contributed by atoms with Gasteiger partial charge in [0.15, 0.2) is 0 Å². The van der Waals surface area contributed by atoms with E-state index in [0.717, 1.165) is 5.56 Å². The number of hydrogen-bond donors (Lipinski definition) is 1. The van der Waals surface area contributed by atoms with Gasteiger partial charge < -0.3 is 5.32 Å². The molecule has 0 bridgehead atoms. The number of amides is 1. The van der Waals surface area contributed by atoms with E-state index in [1.165, 1.54) is 0 Å². The summed E-state index contributed by atoms with van der Waals surface area (Å²) in [5, 5.41) is 3.77. The third kappa shape index (κ3) is 3.49. The number of carbonyl (C=O) groups excluding carboxylic acids is 1. The minimum atomic E-state index is -0.210. The Morgan fingerprint density at radius 3 is 2.42 bits per heavy atom. The third-order valence-corrected chi connectivity index (χ3v) is 3.37. The van der Waals surface area contributed by atoms with Crippen LogP contribution in [-0.2, 0) is 0 Å². The van der Waals surface area contributed by atoms with Gasteiger partial charge in [0.1, 0.15) is 0 Å². The molecule has 1 amide bonds. The van der Waals surface area contributed by atoms with E-state index >= 15 is 0 Å². The molecular weight excluding hydrogens is 281 g/mol. The molecule has 0 aliphatic rings. The Morgan fingerprint density at radius 1 is 1.11 bits per heavy atom. The van der Waals surface area contributed by atoms with Crippen molar-refractivity contribution < 1.29 is 4.79 Å². The molecule has 98 valence electrons. The summed E-state index contributed by atoms with van der Waals surface area (Å²) in [5.41, 5.74) is 1.47. The zero-order chi connectivity index (χ0) is 13.8. The van der Waals surface area contributed by atoms with Crippen molar-refractivity contribution in [2.24, 2.45) is 0 Å². The van der Waals surface area contributed by atoms with Crippen molar-refractivity contribution in [1.29, 1.82) is 0 Å². The SMILES string of the molecule is C[C@@H](NC(=O)c1ccc(Cl)cc1Cl)c1ccccc1. The number of halogens is 2. The molecule has 1 atom stereocenters. The number of carbonyl (C=O) groups is 1. The highest BCUT2D eigenvalue weighted by Gasteiger charge is 2.14. The Kier molecular flexibility index (Phi) is 4.46. The van der Waals surface area contributed by atoms with Crippen LogP contribution in [0.1, 0.15) is 28.9 Å². The maximum Gasteiger partial charge on any atom is 0.253 e. The molecule has 2 rings (SSSR count). The van der Waals surface area contributed by atoms with Crippen molar-refractivity contribution in [2.45, 2.75) is 13.0 Å². The number of nitrogens with one attached hydrogen (secondary N) is 1. The van der Waals surface area contributed by atoms with Crippen LogP contribution in [0.3, 0.4) is 0 Å². The molecule has 0 radical (unpaired) electrons. The fraction of sp³-hybridized carbons (Fsp3) is 0.133. The van der Waals surface area contributed by atoms with E-state index in [-0.39, 0.29) is 11.9 Å². The molecule has 0 spiro atoms. The summed E-state index contributed by atoms with van der Waals surface area (Å²) in [4.78, 5) is 12.1. The molecule has 0 saturated heterocycles. The zero-order valence-corrected chi connectivity index (χ0v) is 11.9. The van der Waals surface area contributed by atoms with E-state index < -0.39 is 0 Å². The first kappa shape index (κ1) is 13.9. The van der Waals surface area contributed by atoms with Gasteiger partial charge in [0.2, 0.25) is 0 Å². The predicted molar refractivity (Wildman–Crippen MR) is 78.8 cm³/mol. The van der Waals surface area contributed by atoms with E-state index in [2.05, 4.69) is 5.32 Å². The van der Waals surface area contributed by atoms with Crippen LogP contribution in [0.15, 0.2) is 48.5 Å². The summed E-state index contributed by atoms with van der Waals surface area (Å²) < 4.78 is 0. The second kappa shape index (κ2) is 6.09. The summed E-state index contributed by atoms with van der Waals surface area (Å²) in [6.45, 7) is 1.93. The fourth-order valence-corrected chi connectivity index (χ4v) is 2.27. The fourth-order valence-electron chi connectivity index (χ4n) is 1.77. The van der Waals surface area contributed by atoms with E-state index in [0.29, 0.717) is 15.6 Å².